The number of aromatic hydroxyl groups is 2. The van der Waals surface area contributed by atoms with Gasteiger partial charge in [0.2, 0.25) is 0 Å². The molecule has 0 fully saturated rings. The van der Waals surface area contributed by atoms with E-state index in [2.05, 4.69) is 0 Å². The summed E-state index contributed by atoms with van der Waals surface area (Å²) in [5.74, 6) is -2.69. The van der Waals surface area contributed by atoms with Crippen LogP contribution < -0.4 is 9.47 Å². The maximum Gasteiger partial charge on any atom is 0.359 e. The highest BCUT2D eigenvalue weighted by Crippen LogP contribution is 2.40. The van der Waals surface area contributed by atoms with Crippen LogP contribution in [0.4, 0.5) is 0 Å². The number of carbonyl (C=O) groups is 2. The van der Waals surface area contributed by atoms with Crippen LogP contribution in [-0.2, 0) is 9.47 Å². The Bertz CT molecular complexity index is 814. The molecule has 0 aliphatic carbocycles. The lowest BCUT2D eigenvalue weighted by atomic mass is 10.2. The fourth-order valence-corrected chi connectivity index (χ4v) is 2.54. The Kier molecular flexibility index (Phi) is 6.17. The normalized spacial score (nSPS) is 10.4. The summed E-state index contributed by atoms with van der Waals surface area (Å²) in [5, 5.41) is 20.5. The molecular weight excluding hydrogens is 358 g/mol. The van der Waals surface area contributed by atoms with E-state index in [1.165, 1.54) is 26.4 Å². The molecule has 0 atom stereocenters. The van der Waals surface area contributed by atoms with E-state index in [1.54, 1.807) is 19.9 Å². The number of hydrogen-bond donors (Lipinski definition) is 2. The van der Waals surface area contributed by atoms with Gasteiger partial charge in [-0.15, -0.1) is 0 Å². The Balaban J connectivity index is 2.80. The van der Waals surface area contributed by atoms with Gasteiger partial charge >= 0.3 is 11.9 Å². The number of esters is 2. The molecule has 0 amide bonds. The zero-order valence-corrected chi connectivity index (χ0v) is 15.4. The Hall–Kier alpha value is -3.36. The number of carbonyl (C=O) groups excluding carboxylic acids is 2. The largest absolute Gasteiger partial charge is 0.503 e. The second kappa shape index (κ2) is 8.35. The second-order valence-electron chi connectivity index (χ2n) is 5.21. The molecule has 0 radical (unpaired) electrons. The van der Waals surface area contributed by atoms with Crippen LogP contribution >= 0.6 is 0 Å². The third-order valence-corrected chi connectivity index (χ3v) is 3.68. The van der Waals surface area contributed by atoms with Gasteiger partial charge in [-0.25, -0.2) is 9.59 Å². The van der Waals surface area contributed by atoms with Crippen molar-refractivity contribution in [2.45, 2.75) is 13.8 Å². The van der Waals surface area contributed by atoms with Crippen LogP contribution in [0.3, 0.4) is 0 Å². The predicted molar refractivity (Wildman–Crippen MR) is 94.1 cm³/mol. The first-order valence-electron chi connectivity index (χ1n) is 8.14. The van der Waals surface area contributed by atoms with Crippen molar-refractivity contribution in [3.05, 3.63) is 29.6 Å². The Labute approximate surface area is 155 Å². The van der Waals surface area contributed by atoms with Crippen LogP contribution in [0.15, 0.2) is 18.2 Å². The number of ether oxygens (including phenoxy) is 4. The highest BCUT2D eigenvalue weighted by Gasteiger charge is 2.33. The average Bonchev–Trinajstić information content (AvgIpc) is 2.92. The molecule has 27 heavy (non-hydrogen) atoms. The van der Waals surface area contributed by atoms with Crippen molar-refractivity contribution in [2.24, 2.45) is 0 Å². The smallest absolute Gasteiger partial charge is 0.359 e. The number of rotatable bonds is 7. The maximum absolute atomic E-state index is 12.4. The molecule has 9 heteroatoms. The van der Waals surface area contributed by atoms with Crippen molar-refractivity contribution in [1.82, 2.24) is 4.57 Å². The average molecular weight is 379 g/mol. The monoisotopic (exact) mass is 379 g/mol. The summed E-state index contributed by atoms with van der Waals surface area (Å²) < 4.78 is 21.3. The van der Waals surface area contributed by atoms with Gasteiger partial charge in [-0.1, -0.05) is 0 Å². The minimum Gasteiger partial charge on any atom is -0.503 e. The molecule has 0 aliphatic rings. The molecule has 0 spiro atoms. The van der Waals surface area contributed by atoms with Crippen LogP contribution in [0, 0.1) is 0 Å². The fraction of sp³-hybridized carbons (Fsp3) is 0.333. The second-order valence-corrected chi connectivity index (χ2v) is 5.21. The lowest BCUT2D eigenvalue weighted by Crippen LogP contribution is -2.17. The number of benzene rings is 1. The van der Waals surface area contributed by atoms with Crippen molar-refractivity contribution in [2.75, 3.05) is 27.4 Å². The van der Waals surface area contributed by atoms with Gasteiger partial charge < -0.3 is 29.2 Å². The van der Waals surface area contributed by atoms with Crippen molar-refractivity contribution in [3.8, 4) is 28.7 Å². The van der Waals surface area contributed by atoms with Gasteiger partial charge in [-0.2, -0.15) is 0 Å². The molecule has 0 saturated carbocycles. The van der Waals surface area contributed by atoms with Gasteiger partial charge in [0.25, 0.3) is 0 Å². The van der Waals surface area contributed by atoms with Gasteiger partial charge in [-0.05, 0) is 26.0 Å². The minimum atomic E-state index is -0.921. The zero-order valence-electron chi connectivity index (χ0n) is 15.4. The van der Waals surface area contributed by atoms with E-state index in [1.807, 2.05) is 0 Å². The third kappa shape index (κ3) is 3.62. The molecule has 0 saturated heterocycles. The number of nitrogens with zero attached hydrogens (tertiary/aromatic N) is 1. The molecule has 2 N–H and O–H groups in total. The molecule has 0 bridgehead atoms. The Morgan fingerprint density at radius 2 is 1.37 bits per heavy atom. The molecule has 1 heterocycles. The highest BCUT2D eigenvalue weighted by molar-refractivity contribution is 6.00. The lowest BCUT2D eigenvalue weighted by molar-refractivity contribution is 0.0507. The number of aromatic nitrogens is 1. The first kappa shape index (κ1) is 20.0. The predicted octanol–water partition coefficient (Wildman–Crippen LogP) is 2.26. The van der Waals surface area contributed by atoms with Crippen molar-refractivity contribution >= 4 is 11.9 Å². The van der Waals surface area contributed by atoms with E-state index in [9.17, 15) is 19.8 Å². The molecule has 146 valence electrons. The number of hydrogen-bond acceptors (Lipinski definition) is 8. The first-order chi connectivity index (χ1) is 12.9. The quantitative estimate of drug-likeness (QED) is 0.704. The Morgan fingerprint density at radius 1 is 0.889 bits per heavy atom. The van der Waals surface area contributed by atoms with Gasteiger partial charge in [-0.3, -0.25) is 4.57 Å². The summed E-state index contributed by atoms with van der Waals surface area (Å²) in [6, 6.07) is 4.54. The SMILES string of the molecule is CCOC(=O)c1c(O)c(O)c(C(=O)OCC)n1-c1ccc(OC)c(OC)c1. The summed E-state index contributed by atoms with van der Waals surface area (Å²) in [5.41, 5.74) is -0.580. The summed E-state index contributed by atoms with van der Waals surface area (Å²) in [7, 11) is 2.88. The van der Waals surface area contributed by atoms with Crippen LogP contribution in [0.1, 0.15) is 34.8 Å². The van der Waals surface area contributed by atoms with Gasteiger partial charge in [0, 0.05) is 6.07 Å². The molecule has 0 aliphatic heterocycles. The van der Waals surface area contributed by atoms with E-state index in [0.29, 0.717) is 11.5 Å². The molecule has 1 aromatic carbocycles. The molecular formula is C18H21NO8. The maximum atomic E-state index is 12.4. The summed E-state index contributed by atoms with van der Waals surface area (Å²) >= 11 is 0. The van der Waals surface area contributed by atoms with E-state index < -0.39 is 34.8 Å². The minimum absolute atomic E-state index is 0.0326. The number of methoxy groups -OCH3 is 2. The van der Waals surface area contributed by atoms with Gasteiger partial charge in [0.05, 0.1) is 33.1 Å². The summed E-state index contributed by atoms with van der Waals surface area (Å²) in [6.07, 6.45) is 0. The summed E-state index contributed by atoms with van der Waals surface area (Å²) in [4.78, 5) is 24.7. The standard InChI is InChI=1S/C18H21NO8/c1-5-26-17(22)13-15(20)16(21)14(18(23)27-6-2)19(13)10-7-8-11(24-3)12(9-10)25-4/h7-9,20-21H,5-6H2,1-4H3. The van der Waals surface area contributed by atoms with E-state index in [4.69, 9.17) is 18.9 Å². The van der Waals surface area contributed by atoms with Crippen LogP contribution in [-0.4, -0.2) is 54.2 Å². The Morgan fingerprint density at radius 3 is 1.78 bits per heavy atom. The van der Waals surface area contributed by atoms with Gasteiger partial charge in [0.1, 0.15) is 0 Å². The topological polar surface area (TPSA) is 116 Å². The first-order valence-corrected chi connectivity index (χ1v) is 8.14. The van der Waals surface area contributed by atoms with E-state index in [-0.39, 0.29) is 18.9 Å². The molecule has 0 unspecified atom stereocenters. The van der Waals surface area contributed by atoms with Crippen LogP contribution in [0.2, 0.25) is 0 Å². The molecule has 2 rings (SSSR count). The van der Waals surface area contributed by atoms with Gasteiger partial charge in [0.15, 0.2) is 34.4 Å². The molecule has 1 aromatic heterocycles. The highest BCUT2D eigenvalue weighted by atomic mass is 16.5. The van der Waals surface area contributed by atoms with E-state index in [0.717, 1.165) is 4.57 Å². The molecule has 9 nitrogen and oxygen atoms in total. The fourth-order valence-electron chi connectivity index (χ4n) is 2.54. The zero-order chi connectivity index (χ0) is 20.1. The lowest BCUT2D eigenvalue weighted by Gasteiger charge is -2.14. The van der Waals surface area contributed by atoms with Crippen molar-refractivity contribution in [1.29, 1.82) is 0 Å². The van der Waals surface area contributed by atoms with Crippen LogP contribution in [0.5, 0.6) is 23.0 Å². The van der Waals surface area contributed by atoms with Crippen molar-refractivity contribution in [3.63, 3.8) is 0 Å². The van der Waals surface area contributed by atoms with Crippen molar-refractivity contribution < 1.29 is 38.7 Å². The third-order valence-electron chi connectivity index (χ3n) is 3.68. The van der Waals surface area contributed by atoms with Crippen LogP contribution in [0.25, 0.3) is 5.69 Å². The van der Waals surface area contributed by atoms with E-state index >= 15 is 0 Å². The molecule has 2 aromatic rings. The summed E-state index contributed by atoms with van der Waals surface area (Å²) in [6.45, 7) is 3.24.